The van der Waals surface area contributed by atoms with Crippen molar-refractivity contribution in [1.82, 2.24) is 0 Å². The van der Waals surface area contributed by atoms with Gasteiger partial charge in [-0.3, -0.25) is 0 Å². The molecule has 6 aromatic carbocycles. The molecule has 44 heavy (non-hydrogen) atoms. The predicted molar refractivity (Wildman–Crippen MR) is 206 cm³/mol. The fourth-order valence-electron chi connectivity index (χ4n) is 4.98. The lowest BCUT2D eigenvalue weighted by Crippen LogP contribution is -1.86. The molecular weight excluding hydrogens is 528 g/mol. The Kier molecular flexibility index (Phi) is 19.9. The average molecular weight is 589 g/mol. The molecule has 0 saturated heterocycles. The topological polar surface area (TPSA) is 0 Å². The molecule has 0 aliphatic carbocycles. The van der Waals surface area contributed by atoms with Gasteiger partial charge in [-0.05, 0) is 79.2 Å². The van der Waals surface area contributed by atoms with E-state index in [4.69, 9.17) is 0 Å². The highest BCUT2D eigenvalue weighted by molar-refractivity contribution is 6.03. The average Bonchev–Trinajstić information content (AvgIpc) is 3.04. The van der Waals surface area contributed by atoms with E-state index in [1.807, 2.05) is 0 Å². The second-order valence-corrected chi connectivity index (χ2v) is 11.1. The van der Waals surface area contributed by atoms with Gasteiger partial charge in [-0.15, -0.1) is 0 Å². The number of hydrogen-bond donors (Lipinski definition) is 0. The Labute approximate surface area is 270 Å². The summed E-state index contributed by atoms with van der Waals surface area (Å²) in [5.74, 6) is 0. The molecule has 0 spiro atoms. The second-order valence-electron chi connectivity index (χ2n) is 11.1. The fourth-order valence-corrected chi connectivity index (χ4v) is 4.98. The summed E-state index contributed by atoms with van der Waals surface area (Å²) in [5, 5.41) is 11.0. The third kappa shape index (κ3) is 11.5. The summed E-state index contributed by atoms with van der Waals surface area (Å²) in [6, 6.07) is 39.2. The summed E-state index contributed by atoms with van der Waals surface area (Å²) in [7, 11) is 0. The number of hydrogen-bond acceptors (Lipinski definition) is 0. The lowest BCUT2D eigenvalue weighted by molar-refractivity contribution is 1.09. The maximum atomic E-state index is 2.28. The minimum atomic E-state index is 1.09. The van der Waals surface area contributed by atoms with Crippen LogP contribution in [0.5, 0.6) is 0 Å². The highest BCUT2D eigenvalue weighted by Crippen LogP contribution is 2.29. The van der Waals surface area contributed by atoms with Crippen LogP contribution in [0.25, 0.3) is 43.1 Å². The normalized spacial score (nSPS) is 9.68. The standard InChI is InChI=1S/2C16H14.4C3H8/c2*1-2-14-15-9-5-3-7-12(15)11-13-8-4-6-10-16(13)14;4*1-3-2/h2*3-11H,2H2,1H3;4*3H2,1-2H3. The first kappa shape index (κ1) is 38.4. The first-order valence-corrected chi connectivity index (χ1v) is 17.2. The van der Waals surface area contributed by atoms with E-state index < -0.39 is 0 Å². The van der Waals surface area contributed by atoms with E-state index in [2.05, 4.69) is 178 Å². The van der Waals surface area contributed by atoms with Gasteiger partial charge in [0.25, 0.3) is 0 Å². The lowest BCUT2D eigenvalue weighted by Gasteiger charge is -2.09. The van der Waals surface area contributed by atoms with Crippen molar-refractivity contribution < 1.29 is 0 Å². The Morgan fingerprint density at radius 1 is 0.295 bits per heavy atom. The molecular formula is C44H60. The molecule has 6 rings (SSSR count). The zero-order chi connectivity index (χ0) is 32.7. The van der Waals surface area contributed by atoms with Crippen molar-refractivity contribution in [2.24, 2.45) is 0 Å². The first-order chi connectivity index (χ1) is 21.5. The van der Waals surface area contributed by atoms with Gasteiger partial charge in [-0.25, -0.2) is 0 Å². The fraction of sp³-hybridized carbons (Fsp3) is 0.364. The molecule has 0 unspecified atom stereocenters. The van der Waals surface area contributed by atoms with Crippen molar-refractivity contribution in [2.75, 3.05) is 0 Å². The summed E-state index contributed by atoms with van der Waals surface area (Å²) in [4.78, 5) is 0. The lowest BCUT2D eigenvalue weighted by atomic mass is 9.95. The molecule has 0 atom stereocenters. The van der Waals surface area contributed by atoms with Crippen molar-refractivity contribution in [2.45, 2.75) is 108 Å². The third-order valence-corrected chi connectivity index (χ3v) is 6.47. The van der Waals surface area contributed by atoms with Crippen LogP contribution in [0.2, 0.25) is 0 Å². The Morgan fingerprint density at radius 2 is 0.477 bits per heavy atom. The van der Waals surface area contributed by atoms with E-state index in [9.17, 15) is 0 Å². The molecule has 0 N–H and O–H groups in total. The smallest absolute Gasteiger partial charge is 0.0146 e. The Hall–Kier alpha value is -3.64. The van der Waals surface area contributed by atoms with Crippen LogP contribution in [0.3, 0.4) is 0 Å². The Balaban J connectivity index is 0.000000326. The highest BCUT2D eigenvalue weighted by Gasteiger charge is 2.05. The Morgan fingerprint density at radius 3 is 0.659 bits per heavy atom. The van der Waals surface area contributed by atoms with Gasteiger partial charge in [0, 0.05) is 0 Å². The van der Waals surface area contributed by atoms with Crippen LogP contribution in [0, 0.1) is 0 Å². The molecule has 0 aromatic heterocycles. The summed E-state index contributed by atoms with van der Waals surface area (Å²) in [6.07, 6.45) is 7.17. The van der Waals surface area contributed by atoms with E-state index in [1.54, 1.807) is 0 Å². The minimum Gasteiger partial charge on any atom is -0.0656 e. The maximum Gasteiger partial charge on any atom is -0.0146 e. The van der Waals surface area contributed by atoms with E-state index in [0.29, 0.717) is 0 Å². The van der Waals surface area contributed by atoms with Crippen molar-refractivity contribution in [3.8, 4) is 0 Å². The van der Waals surface area contributed by atoms with Crippen molar-refractivity contribution >= 4 is 43.1 Å². The molecule has 236 valence electrons. The number of benzene rings is 6. The van der Waals surface area contributed by atoms with Crippen LogP contribution in [0.15, 0.2) is 109 Å². The van der Waals surface area contributed by atoms with Gasteiger partial charge >= 0.3 is 0 Å². The summed E-state index contributed by atoms with van der Waals surface area (Å²) < 4.78 is 0. The quantitative estimate of drug-likeness (QED) is 0.176. The molecule has 6 aromatic rings. The van der Waals surface area contributed by atoms with Gasteiger partial charge in [0.05, 0.1) is 0 Å². The van der Waals surface area contributed by atoms with Crippen LogP contribution >= 0.6 is 0 Å². The largest absolute Gasteiger partial charge is 0.0656 e. The predicted octanol–water partition coefficient (Wildman–Crippen LogP) is 14.8. The van der Waals surface area contributed by atoms with Gasteiger partial charge in [-0.2, -0.15) is 0 Å². The van der Waals surface area contributed by atoms with Gasteiger partial charge in [0.15, 0.2) is 0 Å². The summed E-state index contributed by atoms with van der Waals surface area (Å²) in [6.45, 7) is 21.5. The monoisotopic (exact) mass is 588 g/mol. The molecule has 0 fully saturated rings. The molecule has 0 heterocycles. The Bertz CT molecular complexity index is 1370. The van der Waals surface area contributed by atoms with Gasteiger partial charge < -0.3 is 0 Å². The molecule has 0 heteroatoms. The van der Waals surface area contributed by atoms with Crippen LogP contribution < -0.4 is 0 Å². The van der Waals surface area contributed by atoms with Gasteiger partial charge in [-0.1, -0.05) is 192 Å². The summed E-state index contributed by atoms with van der Waals surface area (Å²) >= 11 is 0. The number of rotatable bonds is 2. The van der Waals surface area contributed by atoms with Crippen LogP contribution in [0.1, 0.15) is 106 Å². The maximum absolute atomic E-state index is 2.28. The number of aryl methyl sites for hydroxylation is 2. The van der Waals surface area contributed by atoms with Crippen LogP contribution in [-0.4, -0.2) is 0 Å². The minimum absolute atomic E-state index is 1.09. The van der Waals surface area contributed by atoms with E-state index in [0.717, 1.165) is 12.8 Å². The van der Waals surface area contributed by atoms with E-state index in [-0.39, 0.29) is 0 Å². The van der Waals surface area contributed by atoms with Gasteiger partial charge in [0.2, 0.25) is 0 Å². The van der Waals surface area contributed by atoms with Crippen molar-refractivity contribution in [3.63, 3.8) is 0 Å². The zero-order valence-electron chi connectivity index (χ0n) is 29.6. The molecule has 0 amide bonds. The molecule has 0 saturated carbocycles. The van der Waals surface area contributed by atoms with E-state index in [1.165, 1.54) is 79.9 Å². The van der Waals surface area contributed by atoms with Gasteiger partial charge in [0.1, 0.15) is 0 Å². The van der Waals surface area contributed by atoms with Crippen molar-refractivity contribution in [1.29, 1.82) is 0 Å². The number of fused-ring (bicyclic) bond motifs is 4. The highest BCUT2D eigenvalue weighted by atomic mass is 14.1. The molecule has 0 nitrogen and oxygen atoms in total. The summed E-state index contributed by atoms with van der Waals surface area (Å²) in [5.41, 5.74) is 2.93. The van der Waals surface area contributed by atoms with Crippen LogP contribution in [-0.2, 0) is 12.8 Å². The first-order valence-electron chi connectivity index (χ1n) is 17.2. The molecule has 0 bridgehead atoms. The molecule has 0 aliphatic heterocycles. The molecule has 0 aliphatic rings. The molecule has 0 radical (unpaired) electrons. The SMILES string of the molecule is CCC.CCC.CCC.CCC.CCc1c2ccccc2cc2ccccc12.CCc1c2ccccc2cc2ccccc12. The second kappa shape index (κ2) is 22.8. The third-order valence-electron chi connectivity index (χ3n) is 6.47. The zero-order valence-corrected chi connectivity index (χ0v) is 29.6. The van der Waals surface area contributed by atoms with E-state index >= 15 is 0 Å². The van der Waals surface area contributed by atoms with Crippen molar-refractivity contribution in [3.05, 3.63) is 120 Å². The van der Waals surface area contributed by atoms with Crippen LogP contribution in [0.4, 0.5) is 0 Å².